The maximum atomic E-state index is 12.7. The molecule has 0 bridgehead atoms. The molecule has 2 aromatic carbocycles. The predicted molar refractivity (Wildman–Crippen MR) is 75.1 cm³/mol. The van der Waals surface area contributed by atoms with Gasteiger partial charge in [0, 0.05) is 16.8 Å². The summed E-state index contributed by atoms with van der Waals surface area (Å²) in [5, 5.41) is 0. The Kier molecular flexibility index (Phi) is 4.02. The Morgan fingerprint density at radius 2 is 1.71 bits per heavy atom. The lowest BCUT2D eigenvalue weighted by Gasteiger charge is -2.11. The molecule has 0 saturated carbocycles. The van der Waals surface area contributed by atoms with Crippen molar-refractivity contribution in [3.8, 4) is 0 Å². The summed E-state index contributed by atoms with van der Waals surface area (Å²) in [6.45, 7) is 1.97. The number of rotatable bonds is 3. The van der Waals surface area contributed by atoms with E-state index in [2.05, 4.69) is 0 Å². The van der Waals surface area contributed by atoms with E-state index in [1.807, 2.05) is 6.92 Å². The quantitative estimate of drug-likeness (QED) is 0.684. The lowest BCUT2D eigenvalue weighted by molar-refractivity contribution is -0.137. The highest BCUT2D eigenvalue weighted by atomic mass is 19.4. The molecule has 2 nitrogen and oxygen atoms in total. The highest BCUT2D eigenvalue weighted by molar-refractivity contribution is 6.12. The van der Waals surface area contributed by atoms with Crippen molar-refractivity contribution >= 4 is 11.5 Å². The summed E-state index contributed by atoms with van der Waals surface area (Å²) in [5.41, 5.74) is 6.02. The van der Waals surface area contributed by atoms with Crippen molar-refractivity contribution in [1.82, 2.24) is 0 Å². The first-order chi connectivity index (χ1) is 9.82. The zero-order valence-electron chi connectivity index (χ0n) is 11.4. The fourth-order valence-electron chi connectivity index (χ4n) is 1.98. The first kappa shape index (κ1) is 15.1. The number of hydrogen-bond acceptors (Lipinski definition) is 2. The fraction of sp³-hybridized carbons (Fsp3) is 0.188. The summed E-state index contributed by atoms with van der Waals surface area (Å²) in [5.74, 6) is -0.513. The van der Waals surface area contributed by atoms with Crippen LogP contribution in [0.3, 0.4) is 0 Å². The van der Waals surface area contributed by atoms with Gasteiger partial charge < -0.3 is 5.73 Å². The van der Waals surface area contributed by atoms with Crippen LogP contribution < -0.4 is 5.73 Å². The highest BCUT2D eigenvalue weighted by Crippen LogP contribution is 2.31. The lowest BCUT2D eigenvalue weighted by Crippen LogP contribution is -2.10. The number of hydrogen-bond donors (Lipinski definition) is 1. The van der Waals surface area contributed by atoms with Gasteiger partial charge in [0.05, 0.1) is 5.56 Å². The molecular formula is C16H14F3NO. The summed E-state index contributed by atoms with van der Waals surface area (Å²) < 4.78 is 38.1. The number of nitrogen functional groups attached to an aromatic ring is 1. The standard InChI is InChI=1S/C16H14F3NO/c1-2-10-3-5-11(6-4-10)15(21)13-9-12(16(17,18)19)7-8-14(13)20/h3-9H,2,20H2,1H3. The van der Waals surface area contributed by atoms with Crippen LogP contribution in [0.2, 0.25) is 0 Å². The predicted octanol–water partition coefficient (Wildman–Crippen LogP) is 4.08. The monoisotopic (exact) mass is 293 g/mol. The molecule has 5 heteroatoms. The van der Waals surface area contributed by atoms with Gasteiger partial charge in [-0.25, -0.2) is 0 Å². The molecule has 21 heavy (non-hydrogen) atoms. The smallest absolute Gasteiger partial charge is 0.398 e. The third-order valence-electron chi connectivity index (χ3n) is 3.25. The molecule has 0 aliphatic carbocycles. The molecule has 0 spiro atoms. The Labute approximate surface area is 120 Å². The number of ketones is 1. The van der Waals surface area contributed by atoms with Crippen LogP contribution in [0, 0.1) is 0 Å². The van der Waals surface area contributed by atoms with Crippen molar-refractivity contribution in [2.45, 2.75) is 19.5 Å². The second-order valence-electron chi connectivity index (χ2n) is 4.68. The number of nitrogens with two attached hydrogens (primary N) is 1. The number of carbonyl (C=O) groups excluding carboxylic acids is 1. The van der Waals surface area contributed by atoms with E-state index in [0.717, 1.165) is 30.2 Å². The zero-order valence-corrected chi connectivity index (χ0v) is 11.4. The van der Waals surface area contributed by atoms with Gasteiger partial charge in [-0.3, -0.25) is 4.79 Å². The molecule has 0 radical (unpaired) electrons. The van der Waals surface area contributed by atoms with Crippen molar-refractivity contribution in [2.75, 3.05) is 5.73 Å². The van der Waals surface area contributed by atoms with Gasteiger partial charge in [0.2, 0.25) is 0 Å². The van der Waals surface area contributed by atoms with Crippen LogP contribution in [-0.2, 0) is 12.6 Å². The van der Waals surface area contributed by atoms with Crippen molar-refractivity contribution < 1.29 is 18.0 Å². The Balaban J connectivity index is 2.42. The minimum absolute atomic E-state index is 0.0348. The van der Waals surface area contributed by atoms with E-state index < -0.39 is 17.5 Å². The molecule has 0 atom stereocenters. The number of carbonyl (C=O) groups is 1. The second-order valence-corrected chi connectivity index (χ2v) is 4.68. The minimum Gasteiger partial charge on any atom is -0.398 e. The van der Waals surface area contributed by atoms with Gasteiger partial charge in [-0.15, -0.1) is 0 Å². The summed E-state index contributed by atoms with van der Waals surface area (Å²) >= 11 is 0. The van der Waals surface area contributed by atoms with E-state index in [1.54, 1.807) is 24.3 Å². The van der Waals surface area contributed by atoms with Crippen molar-refractivity contribution in [2.24, 2.45) is 0 Å². The zero-order chi connectivity index (χ0) is 15.6. The van der Waals surface area contributed by atoms with Gasteiger partial charge in [0.1, 0.15) is 0 Å². The molecule has 0 fully saturated rings. The SMILES string of the molecule is CCc1ccc(C(=O)c2cc(C(F)(F)F)ccc2N)cc1. The minimum atomic E-state index is -4.51. The molecule has 0 saturated heterocycles. The molecule has 0 aliphatic rings. The van der Waals surface area contributed by atoms with Gasteiger partial charge in [0.15, 0.2) is 5.78 Å². The van der Waals surface area contributed by atoms with E-state index in [9.17, 15) is 18.0 Å². The van der Waals surface area contributed by atoms with E-state index in [1.165, 1.54) is 0 Å². The van der Waals surface area contributed by atoms with E-state index >= 15 is 0 Å². The van der Waals surface area contributed by atoms with Crippen LogP contribution in [0.15, 0.2) is 42.5 Å². The molecule has 2 aromatic rings. The lowest BCUT2D eigenvalue weighted by atomic mass is 9.98. The Bertz CT molecular complexity index is 660. The van der Waals surface area contributed by atoms with E-state index in [0.29, 0.717) is 5.56 Å². The number of aryl methyl sites for hydroxylation is 1. The summed E-state index contributed by atoms with van der Waals surface area (Å²) in [6, 6.07) is 9.52. The van der Waals surface area contributed by atoms with Crippen LogP contribution in [0.1, 0.15) is 34.0 Å². The van der Waals surface area contributed by atoms with Crippen LogP contribution in [-0.4, -0.2) is 5.78 Å². The molecular weight excluding hydrogens is 279 g/mol. The van der Waals surface area contributed by atoms with Crippen LogP contribution in [0.4, 0.5) is 18.9 Å². The summed E-state index contributed by atoms with van der Waals surface area (Å²) in [4.78, 5) is 12.3. The number of alkyl halides is 3. The van der Waals surface area contributed by atoms with Gasteiger partial charge >= 0.3 is 6.18 Å². The molecule has 0 unspecified atom stereocenters. The van der Waals surface area contributed by atoms with Crippen LogP contribution >= 0.6 is 0 Å². The van der Waals surface area contributed by atoms with Gasteiger partial charge in [-0.2, -0.15) is 13.2 Å². The molecule has 0 aromatic heterocycles. The average Bonchev–Trinajstić information content (AvgIpc) is 2.46. The first-order valence-electron chi connectivity index (χ1n) is 6.43. The number of benzene rings is 2. The molecule has 2 rings (SSSR count). The van der Waals surface area contributed by atoms with Gasteiger partial charge in [-0.1, -0.05) is 31.2 Å². The van der Waals surface area contributed by atoms with Gasteiger partial charge in [-0.05, 0) is 30.2 Å². The van der Waals surface area contributed by atoms with Crippen molar-refractivity contribution in [3.05, 3.63) is 64.7 Å². The second kappa shape index (κ2) is 5.60. The summed E-state index contributed by atoms with van der Waals surface area (Å²) in [6.07, 6.45) is -3.69. The molecule has 2 N–H and O–H groups in total. The number of halogens is 3. The Hall–Kier alpha value is -2.30. The Morgan fingerprint density at radius 1 is 1.10 bits per heavy atom. The Morgan fingerprint density at radius 3 is 2.24 bits per heavy atom. The largest absolute Gasteiger partial charge is 0.416 e. The molecule has 0 heterocycles. The van der Waals surface area contributed by atoms with Crippen LogP contribution in [0.5, 0.6) is 0 Å². The van der Waals surface area contributed by atoms with Crippen LogP contribution in [0.25, 0.3) is 0 Å². The molecule has 0 amide bonds. The van der Waals surface area contributed by atoms with Gasteiger partial charge in [0.25, 0.3) is 0 Å². The van der Waals surface area contributed by atoms with E-state index in [-0.39, 0.29) is 11.3 Å². The molecule has 110 valence electrons. The third-order valence-corrected chi connectivity index (χ3v) is 3.25. The van der Waals surface area contributed by atoms with E-state index in [4.69, 9.17) is 5.73 Å². The van der Waals surface area contributed by atoms with Crippen molar-refractivity contribution in [3.63, 3.8) is 0 Å². The topological polar surface area (TPSA) is 43.1 Å². The fourth-order valence-corrected chi connectivity index (χ4v) is 1.98. The molecule has 0 aliphatic heterocycles. The normalized spacial score (nSPS) is 11.4. The summed E-state index contributed by atoms with van der Waals surface area (Å²) in [7, 11) is 0. The average molecular weight is 293 g/mol. The number of anilines is 1. The van der Waals surface area contributed by atoms with Crippen molar-refractivity contribution in [1.29, 1.82) is 0 Å². The highest BCUT2D eigenvalue weighted by Gasteiger charge is 2.31. The third kappa shape index (κ3) is 3.24. The first-order valence-corrected chi connectivity index (χ1v) is 6.43. The maximum Gasteiger partial charge on any atom is 0.416 e. The maximum absolute atomic E-state index is 12.7.